The van der Waals surface area contributed by atoms with Crippen molar-refractivity contribution in [3.05, 3.63) is 0 Å². The van der Waals surface area contributed by atoms with Gasteiger partial charge in [-0.1, -0.05) is 6.92 Å². The number of nitrogens with zero attached hydrogens (tertiary/aromatic N) is 1. The third-order valence-electron chi connectivity index (χ3n) is 2.52. The minimum atomic E-state index is -0.347. The van der Waals surface area contributed by atoms with E-state index in [0.29, 0.717) is 5.88 Å². The highest BCUT2D eigenvalue weighted by Gasteiger charge is 2.17. The zero-order chi connectivity index (χ0) is 8.97. The first-order valence-corrected chi connectivity index (χ1v) is 5.22. The van der Waals surface area contributed by atoms with Crippen molar-refractivity contribution in [1.29, 1.82) is 0 Å². The molecule has 0 aliphatic carbocycles. The lowest BCUT2D eigenvalue weighted by Crippen LogP contribution is -2.38. The van der Waals surface area contributed by atoms with Crippen molar-refractivity contribution in [3.63, 3.8) is 0 Å². The molecule has 0 bridgehead atoms. The largest absolute Gasteiger partial charge is 0.391 e. The summed E-state index contributed by atoms with van der Waals surface area (Å²) >= 11 is 5.52. The standard InChI is InChI=1S/C9H18ClNO/c1-8-2-4-11(5-3-8)7-9(12)6-10/h8-9,12H,2-7H2,1H3. The molecule has 0 spiro atoms. The minimum absolute atomic E-state index is 0.347. The summed E-state index contributed by atoms with van der Waals surface area (Å²) in [5, 5.41) is 9.30. The molecule has 3 heteroatoms. The molecule has 1 aliphatic rings. The van der Waals surface area contributed by atoms with Crippen LogP contribution in [0.25, 0.3) is 0 Å². The van der Waals surface area contributed by atoms with Crippen molar-refractivity contribution in [3.8, 4) is 0 Å². The first-order chi connectivity index (χ1) is 5.72. The molecule has 1 heterocycles. The maximum absolute atomic E-state index is 9.30. The SMILES string of the molecule is CC1CCN(CC(O)CCl)CC1. The maximum Gasteiger partial charge on any atom is 0.0802 e. The number of hydrogen-bond acceptors (Lipinski definition) is 2. The van der Waals surface area contributed by atoms with Gasteiger partial charge in [-0.3, -0.25) is 0 Å². The monoisotopic (exact) mass is 191 g/mol. The second-order valence-corrected chi connectivity index (χ2v) is 4.10. The summed E-state index contributed by atoms with van der Waals surface area (Å²) in [6.07, 6.45) is 2.17. The fraction of sp³-hybridized carbons (Fsp3) is 1.00. The molecular formula is C9H18ClNO. The average Bonchev–Trinajstić information content (AvgIpc) is 2.09. The molecule has 2 nitrogen and oxygen atoms in total. The van der Waals surface area contributed by atoms with Crippen LogP contribution >= 0.6 is 11.6 Å². The highest BCUT2D eigenvalue weighted by Crippen LogP contribution is 2.15. The Labute approximate surface area is 79.5 Å². The summed E-state index contributed by atoms with van der Waals surface area (Å²) in [6, 6.07) is 0. The highest BCUT2D eigenvalue weighted by molar-refractivity contribution is 6.18. The van der Waals surface area contributed by atoms with Gasteiger partial charge < -0.3 is 10.0 Å². The summed E-state index contributed by atoms with van der Waals surface area (Å²) in [5.41, 5.74) is 0. The highest BCUT2D eigenvalue weighted by atomic mass is 35.5. The lowest BCUT2D eigenvalue weighted by molar-refractivity contribution is 0.105. The molecule has 0 aromatic rings. The van der Waals surface area contributed by atoms with Crippen LogP contribution in [0.4, 0.5) is 0 Å². The lowest BCUT2D eigenvalue weighted by atomic mass is 9.99. The van der Waals surface area contributed by atoms with E-state index in [2.05, 4.69) is 11.8 Å². The molecule has 0 saturated carbocycles. The molecule has 72 valence electrons. The van der Waals surface area contributed by atoms with E-state index < -0.39 is 0 Å². The second kappa shape index (κ2) is 5.05. The molecule has 1 N–H and O–H groups in total. The molecule has 0 radical (unpaired) electrons. The van der Waals surface area contributed by atoms with Gasteiger partial charge in [0.15, 0.2) is 0 Å². The number of β-amino-alcohol motifs (C(OH)–C–C–N with tert-alkyl or cyclic N) is 1. The number of aliphatic hydroxyl groups is 1. The van der Waals surface area contributed by atoms with Crippen LogP contribution in [0.3, 0.4) is 0 Å². The summed E-state index contributed by atoms with van der Waals surface area (Å²) in [5.74, 6) is 1.21. The Morgan fingerprint density at radius 2 is 2.08 bits per heavy atom. The molecule has 0 aromatic carbocycles. The fourth-order valence-electron chi connectivity index (χ4n) is 1.59. The number of hydrogen-bond donors (Lipinski definition) is 1. The number of alkyl halides is 1. The first kappa shape index (κ1) is 10.3. The second-order valence-electron chi connectivity index (χ2n) is 3.79. The van der Waals surface area contributed by atoms with Gasteiger partial charge in [-0.05, 0) is 31.8 Å². The van der Waals surface area contributed by atoms with Gasteiger partial charge >= 0.3 is 0 Å². The van der Waals surface area contributed by atoms with E-state index in [1.54, 1.807) is 0 Å². The summed E-state index contributed by atoms with van der Waals surface area (Å²) in [7, 11) is 0. The topological polar surface area (TPSA) is 23.5 Å². The van der Waals surface area contributed by atoms with Crippen LogP contribution in [0, 0.1) is 5.92 Å². The Hall–Kier alpha value is 0.210. The summed E-state index contributed by atoms with van der Waals surface area (Å²) < 4.78 is 0. The van der Waals surface area contributed by atoms with Gasteiger partial charge in [-0.15, -0.1) is 11.6 Å². The minimum Gasteiger partial charge on any atom is -0.391 e. The molecule has 0 amide bonds. The Kier molecular flexibility index (Phi) is 4.33. The van der Waals surface area contributed by atoms with Gasteiger partial charge in [0.05, 0.1) is 6.10 Å². The van der Waals surface area contributed by atoms with Crippen LogP contribution < -0.4 is 0 Å². The number of likely N-dealkylation sites (tertiary alicyclic amines) is 1. The number of rotatable bonds is 3. The van der Waals surface area contributed by atoms with Crippen molar-refractivity contribution < 1.29 is 5.11 Å². The predicted octanol–water partition coefficient (Wildman–Crippen LogP) is 1.32. The molecule has 1 atom stereocenters. The zero-order valence-electron chi connectivity index (χ0n) is 7.67. The Balaban J connectivity index is 2.17. The normalized spacial score (nSPS) is 24.2. The molecular weight excluding hydrogens is 174 g/mol. The quantitative estimate of drug-likeness (QED) is 0.681. The van der Waals surface area contributed by atoms with Gasteiger partial charge in [0.25, 0.3) is 0 Å². The Bertz CT molecular complexity index is 124. The molecule has 12 heavy (non-hydrogen) atoms. The Morgan fingerprint density at radius 3 is 2.58 bits per heavy atom. The third-order valence-corrected chi connectivity index (χ3v) is 2.88. The molecule has 1 fully saturated rings. The number of piperidine rings is 1. The van der Waals surface area contributed by atoms with Gasteiger partial charge in [-0.2, -0.15) is 0 Å². The molecule has 1 saturated heterocycles. The lowest BCUT2D eigenvalue weighted by Gasteiger charge is -2.31. The third kappa shape index (κ3) is 3.30. The average molecular weight is 192 g/mol. The molecule has 1 aliphatic heterocycles. The van der Waals surface area contributed by atoms with Crippen molar-refractivity contribution in [2.75, 3.05) is 25.5 Å². The van der Waals surface area contributed by atoms with E-state index in [4.69, 9.17) is 11.6 Å². The van der Waals surface area contributed by atoms with E-state index in [1.165, 1.54) is 12.8 Å². The van der Waals surface area contributed by atoms with E-state index in [-0.39, 0.29) is 6.10 Å². The number of aliphatic hydroxyl groups excluding tert-OH is 1. The van der Waals surface area contributed by atoms with Crippen molar-refractivity contribution in [1.82, 2.24) is 4.90 Å². The van der Waals surface area contributed by atoms with Gasteiger partial charge in [0, 0.05) is 12.4 Å². The predicted molar refractivity (Wildman–Crippen MR) is 51.6 cm³/mol. The van der Waals surface area contributed by atoms with E-state index >= 15 is 0 Å². The zero-order valence-corrected chi connectivity index (χ0v) is 8.43. The smallest absolute Gasteiger partial charge is 0.0802 e. The van der Waals surface area contributed by atoms with Crippen LogP contribution in [-0.4, -0.2) is 41.6 Å². The van der Waals surface area contributed by atoms with Crippen LogP contribution in [0.1, 0.15) is 19.8 Å². The van der Waals surface area contributed by atoms with Gasteiger partial charge in [-0.25, -0.2) is 0 Å². The van der Waals surface area contributed by atoms with E-state index in [1.807, 2.05) is 0 Å². The molecule has 1 unspecified atom stereocenters. The fourth-order valence-corrected chi connectivity index (χ4v) is 1.69. The van der Waals surface area contributed by atoms with Gasteiger partial charge in [0.2, 0.25) is 0 Å². The number of halogens is 1. The van der Waals surface area contributed by atoms with Crippen LogP contribution in [0.2, 0.25) is 0 Å². The van der Waals surface area contributed by atoms with Crippen LogP contribution in [0.5, 0.6) is 0 Å². The first-order valence-electron chi connectivity index (χ1n) is 4.68. The Morgan fingerprint density at radius 1 is 1.50 bits per heavy atom. The van der Waals surface area contributed by atoms with Gasteiger partial charge in [0.1, 0.15) is 0 Å². The summed E-state index contributed by atoms with van der Waals surface area (Å²) in [4.78, 5) is 2.30. The van der Waals surface area contributed by atoms with Crippen molar-refractivity contribution in [2.45, 2.75) is 25.9 Å². The van der Waals surface area contributed by atoms with E-state index in [9.17, 15) is 5.11 Å². The maximum atomic E-state index is 9.30. The van der Waals surface area contributed by atoms with E-state index in [0.717, 1.165) is 25.6 Å². The van der Waals surface area contributed by atoms with Crippen molar-refractivity contribution in [2.24, 2.45) is 5.92 Å². The summed E-state index contributed by atoms with van der Waals surface area (Å²) in [6.45, 7) is 5.27. The molecule has 1 rings (SSSR count). The molecule has 0 aromatic heterocycles. The van der Waals surface area contributed by atoms with Crippen LogP contribution in [-0.2, 0) is 0 Å². The van der Waals surface area contributed by atoms with Crippen LogP contribution in [0.15, 0.2) is 0 Å². The van der Waals surface area contributed by atoms with Crippen molar-refractivity contribution >= 4 is 11.6 Å².